The Morgan fingerprint density at radius 2 is 2.22 bits per heavy atom. The summed E-state index contributed by atoms with van der Waals surface area (Å²) in [4.78, 5) is 18.6. The van der Waals surface area contributed by atoms with Gasteiger partial charge in [-0.1, -0.05) is 18.2 Å². The van der Waals surface area contributed by atoms with Crippen LogP contribution in [-0.4, -0.2) is 30.5 Å². The number of nitrogens with zero attached hydrogens (tertiary/aromatic N) is 2. The number of rotatable bonds is 7. The van der Waals surface area contributed by atoms with Crippen molar-refractivity contribution in [1.82, 2.24) is 10.3 Å². The van der Waals surface area contributed by atoms with Crippen LogP contribution in [0.15, 0.2) is 41.9 Å². The minimum absolute atomic E-state index is 0.166. The molecule has 5 heteroatoms. The predicted molar refractivity (Wildman–Crippen MR) is 94.8 cm³/mol. The first-order valence-corrected chi connectivity index (χ1v) is 9.14. The molecule has 1 aromatic heterocycles. The van der Waals surface area contributed by atoms with Gasteiger partial charge in [-0.2, -0.15) is 0 Å². The van der Waals surface area contributed by atoms with Crippen molar-refractivity contribution in [3.63, 3.8) is 0 Å². The summed E-state index contributed by atoms with van der Waals surface area (Å²) in [6, 6.07) is 10.5. The smallest absolute Gasteiger partial charge is 0.220 e. The standard InChI is InChI=1S/C18H23N3OS/c22-17(7-4-8-18-19-10-12-23-18)20-13-15-9-11-21(14-15)16-5-2-1-3-6-16/h1-3,5-6,10,12,15H,4,7-9,11,13-14H2,(H,20,22)/t15-/m1/s1. The van der Waals surface area contributed by atoms with Crippen LogP contribution >= 0.6 is 11.3 Å². The minimum atomic E-state index is 0.166. The van der Waals surface area contributed by atoms with E-state index in [4.69, 9.17) is 0 Å². The SMILES string of the molecule is O=C(CCCc1nccs1)NC[C@H]1CCN(c2ccccc2)C1. The molecule has 0 aliphatic carbocycles. The highest BCUT2D eigenvalue weighted by Crippen LogP contribution is 2.22. The molecular formula is C18H23N3OS. The van der Waals surface area contributed by atoms with Gasteiger partial charge < -0.3 is 10.2 Å². The number of hydrogen-bond donors (Lipinski definition) is 1. The van der Waals surface area contributed by atoms with Gasteiger partial charge in [0.15, 0.2) is 0 Å². The van der Waals surface area contributed by atoms with E-state index in [-0.39, 0.29) is 5.91 Å². The quantitative estimate of drug-likeness (QED) is 0.849. The van der Waals surface area contributed by atoms with Gasteiger partial charge in [0, 0.05) is 43.3 Å². The van der Waals surface area contributed by atoms with Crippen LogP contribution in [0.5, 0.6) is 0 Å². The molecule has 1 atom stereocenters. The Morgan fingerprint density at radius 1 is 1.35 bits per heavy atom. The molecule has 0 saturated carbocycles. The molecule has 0 radical (unpaired) electrons. The van der Waals surface area contributed by atoms with Crippen LogP contribution < -0.4 is 10.2 Å². The van der Waals surface area contributed by atoms with Crippen LogP contribution in [0.1, 0.15) is 24.3 Å². The highest BCUT2D eigenvalue weighted by molar-refractivity contribution is 7.09. The van der Waals surface area contributed by atoms with Crippen molar-refractivity contribution in [3.05, 3.63) is 46.9 Å². The normalized spacial score (nSPS) is 17.4. The minimum Gasteiger partial charge on any atom is -0.371 e. The largest absolute Gasteiger partial charge is 0.371 e. The fraction of sp³-hybridized carbons (Fsp3) is 0.444. The first kappa shape index (κ1) is 16.0. The summed E-state index contributed by atoms with van der Waals surface area (Å²) in [5.74, 6) is 0.720. The average Bonchev–Trinajstić information content (AvgIpc) is 3.25. The second kappa shape index (κ2) is 8.11. The first-order valence-electron chi connectivity index (χ1n) is 8.26. The fourth-order valence-electron chi connectivity index (χ4n) is 3.00. The van der Waals surface area contributed by atoms with Crippen molar-refractivity contribution in [2.24, 2.45) is 5.92 Å². The molecule has 1 saturated heterocycles. The number of thiazole rings is 1. The number of amides is 1. The molecule has 1 N–H and O–H groups in total. The van der Waals surface area contributed by atoms with E-state index in [1.165, 1.54) is 5.69 Å². The molecule has 1 aromatic carbocycles. The van der Waals surface area contributed by atoms with Gasteiger partial charge in [0.1, 0.15) is 0 Å². The zero-order valence-electron chi connectivity index (χ0n) is 13.3. The number of aromatic nitrogens is 1. The van der Waals surface area contributed by atoms with E-state index in [1.54, 1.807) is 11.3 Å². The number of benzene rings is 1. The predicted octanol–water partition coefficient (Wildman–Crippen LogP) is 3.11. The number of para-hydroxylation sites is 1. The summed E-state index contributed by atoms with van der Waals surface area (Å²) in [5.41, 5.74) is 1.28. The molecule has 1 aliphatic rings. The molecule has 122 valence electrons. The van der Waals surface area contributed by atoms with Crippen LogP contribution in [0.4, 0.5) is 5.69 Å². The van der Waals surface area contributed by atoms with Gasteiger partial charge in [0.2, 0.25) is 5.91 Å². The van der Waals surface area contributed by atoms with Gasteiger partial charge in [-0.3, -0.25) is 4.79 Å². The average molecular weight is 329 g/mol. The van der Waals surface area contributed by atoms with Crippen LogP contribution in [0.2, 0.25) is 0 Å². The molecule has 2 heterocycles. The third kappa shape index (κ3) is 4.79. The van der Waals surface area contributed by atoms with Gasteiger partial charge in [-0.25, -0.2) is 4.98 Å². The molecule has 1 aliphatic heterocycles. The van der Waals surface area contributed by atoms with E-state index in [1.807, 2.05) is 17.6 Å². The van der Waals surface area contributed by atoms with Crippen LogP contribution in [0, 0.1) is 5.92 Å². The summed E-state index contributed by atoms with van der Waals surface area (Å²) in [6.45, 7) is 2.90. The summed E-state index contributed by atoms with van der Waals surface area (Å²) in [5, 5.41) is 6.19. The molecule has 4 nitrogen and oxygen atoms in total. The Labute approximate surface area is 141 Å². The highest BCUT2D eigenvalue weighted by atomic mass is 32.1. The third-order valence-electron chi connectivity index (χ3n) is 4.27. The maximum Gasteiger partial charge on any atom is 0.220 e. The van der Waals surface area contributed by atoms with Gasteiger partial charge in [0.25, 0.3) is 0 Å². The lowest BCUT2D eigenvalue weighted by atomic mass is 10.1. The summed E-state index contributed by atoms with van der Waals surface area (Å²) >= 11 is 1.66. The van der Waals surface area contributed by atoms with Crippen LogP contribution in [0.3, 0.4) is 0 Å². The monoisotopic (exact) mass is 329 g/mol. The summed E-state index contributed by atoms with van der Waals surface area (Å²) < 4.78 is 0. The molecule has 0 spiro atoms. The molecule has 3 rings (SSSR count). The number of carbonyl (C=O) groups excluding carboxylic acids is 1. The number of aryl methyl sites for hydroxylation is 1. The van der Waals surface area contributed by atoms with Gasteiger partial charge in [0.05, 0.1) is 5.01 Å². The van der Waals surface area contributed by atoms with E-state index in [2.05, 4.69) is 39.5 Å². The van der Waals surface area contributed by atoms with Crippen LogP contribution in [-0.2, 0) is 11.2 Å². The lowest BCUT2D eigenvalue weighted by Gasteiger charge is -2.18. The molecule has 1 fully saturated rings. The Hall–Kier alpha value is -1.88. The zero-order valence-corrected chi connectivity index (χ0v) is 14.1. The topological polar surface area (TPSA) is 45.2 Å². The number of nitrogens with one attached hydrogen (secondary N) is 1. The zero-order chi connectivity index (χ0) is 15.9. The Morgan fingerprint density at radius 3 is 3.00 bits per heavy atom. The second-order valence-electron chi connectivity index (χ2n) is 6.02. The van der Waals surface area contributed by atoms with Crippen molar-refractivity contribution in [2.45, 2.75) is 25.7 Å². The van der Waals surface area contributed by atoms with Crippen LogP contribution in [0.25, 0.3) is 0 Å². The van der Waals surface area contributed by atoms with E-state index in [0.717, 1.165) is 43.9 Å². The molecule has 2 aromatic rings. The highest BCUT2D eigenvalue weighted by Gasteiger charge is 2.22. The number of carbonyl (C=O) groups is 1. The van der Waals surface area contributed by atoms with Gasteiger partial charge in [-0.05, 0) is 37.3 Å². The van der Waals surface area contributed by atoms with Gasteiger partial charge in [-0.15, -0.1) is 11.3 Å². The van der Waals surface area contributed by atoms with Crippen molar-refractivity contribution in [2.75, 3.05) is 24.5 Å². The van der Waals surface area contributed by atoms with Crippen molar-refractivity contribution in [3.8, 4) is 0 Å². The van der Waals surface area contributed by atoms with Gasteiger partial charge >= 0.3 is 0 Å². The third-order valence-corrected chi connectivity index (χ3v) is 5.11. The molecule has 1 amide bonds. The van der Waals surface area contributed by atoms with Crippen molar-refractivity contribution >= 4 is 22.9 Å². The van der Waals surface area contributed by atoms with E-state index in [0.29, 0.717) is 12.3 Å². The van der Waals surface area contributed by atoms with E-state index < -0.39 is 0 Å². The summed E-state index contributed by atoms with van der Waals surface area (Å²) in [7, 11) is 0. The molecular weight excluding hydrogens is 306 g/mol. The molecule has 0 bridgehead atoms. The first-order chi connectivity index (χ1) is 11.3. The number of hydrogen-bond acceptors (Lipinski definition) is 4. The van der Waals surface area contributed by atoms with E-state index >= 15 is 0 Å². The Kier molecular flexibility index (Phi) is 5.64. The maximum absolute atomic E-state index is 11.9. The Bertz CT molecular complexity index is 600. The lowest BCUT2D eigenvalue weighted by molar-refractivity contribution is -0.121. The maximum atomic E-state index is 11.9. The molecule has 23 heavy (non-hydrogen) atoms. The Balaban J connectivity index is 1.33. The van der Waals surface area contributed by atoms with Crippen molar-refractivity contribution in [1.29, 1.82) is 0 Å². The second-order valence-corrected chi connectivity index (χ2v) is 7.00. The summed E-state index contributed by atoms with van der Waals surface area (Å²) in [6.07, 6.45) is 5.33. The van der Waals surface area contributed by atoms with Crippen molar-refractivity contribution < 1.29 is 4.79 Å². The number of anilines is 1. The van der Waals surface area contributed by atoms with E-state index in [9.17, 15) is 4.79 Å². The fourth-order valence-corrected chi connectivity index (χ4v) is 3.66. The molecule has 0 unspecified atom stereocenters. The lowest BCUT2D eigenvalue weighted by Crippen LogP contribution is -2.30.